The molecule has 2 aromatic heterocycles. The van der Waals surface area contributed by atoms with E-state index in [1.165, 1.54) is 4.90 Å². The molecule has 3 rings (SSSR count). The lowest BCUT2D eigenvalue weighted by molar-refractivity contribution is 0.0261. The van der Waals surface area contributed by atoms with Crippen molar-refractivity contribution in [1.82, 2.24) is 19.9 Å². The number of aliphatic hydroxyl groups is 1. The van der Waals surface area contributed by atoms with E-state index in [1.54, 1.807) is 37.8 Å². The van der Waals surface area contributed by atoms with Gasteiger partial charge in [-0.25, -0.2) is 9.97 Å². The Labute approximate surface area is 141 Å². The molecule has 0 radical (unpaired) electrons. The van der Waals surface area contributed by atoms with E-state index < -0.39 is 5.60 Å². The van der Waals surface area contributed by atoms with Crippen LogP contribution in [0.5, 0.6) is 0 Å². The SMILES string of the molecule is Cc1cccnc1C(=O)N(C)CC1(O)CCN(c2ncccn2)C1. The molecule has 2 aromatic rings. The van der Waals surface area contributed by atoms with Crippen LogP contribution in [0.1, 0.15) is 22.5 Å². The van der Waals surface area contributed by atoms with Crippen LogP contribution in [-0.2, 0) is 0 Å². The minimum absolute atomic E-state index is 0.184. The maximum absolute atomic E-state index is 12.6. The fourth-order valence-corrected chi connectivity index (χ4v) is 3.01. The van der Waals surface area contributed by atoms with E-state index in [4.69, 9.17) is 0 Å². The number of anilines is 1. The van der Waals surface area contributed by atoms with E-state index in [0.29, 0.717) is 31.2 Å². The van der Waals surface area contributed by atoms with Crippen molar-refractivity contribution in [3.05, 3.63) is 48.0 Å². The van der Waals surface area contributed by atoms with Gasteiger partial charge in [-0.2, -0.15) is 0 Å². The topological polar surface area (TPSA) is 82.5 Å². The van der Waals surface area contributed by atoms with Crippen LogP contribution in [0, 0.1) is 6.92 Å². The van der Waals surface area contributed by atoms with Crippen molar-refractivity contribution in [2.24, 2.45) is 0 Å². The molecule has 1 aliphatic rings. The van der Waals surface area contributed by atoms with Gasteiger partial charge in [0.1, 0.15) is 11.3 Å². The monoisotopic (exact) mass is 327 g/mol. The number of likely N-dealkylation sites (N-methyl/N-ethyl adjacent to an activating group) is 1. The van der Waals surface area contributed by atoms with Gasteiger partial charge in [-0.15, -0.1) is 0 Å². The van der Waals surface area contributed by atoms with Crippen LogP contribution < -0.4 is 4.90 Å². The Morgan fingerprint density at radius 2 is 2.00 bits per heavy atom. The average Bonchev–Trinajstić information content (AvgIpc) is 2.97. The van der Waals surface area contributed by atoms with Gasteiger partial charge in [-0.05, 0) is 31.0 Å². The van der Waals surface area contributed by atoms with Crippen LogP contribution in [0.25, 0.3) is 0 Å². The van der Waals surface area contributed by atoms with E-state index in [-0.39, 0.29) is 12.5 Å². The Morgan fingerprint density at radius 1 is 1.29 bits per heavy atom. The van der Waals surface area contributed by atoms with Gasteiger partial charge in [0.05, 0.1) is 13.1 Å². The van der Waals surface area contributed by atoms with Crippen LogP contribution in [-0.4, -0.2) is 63.1 Å². The smallest absolute Gasteiger partial charge is 0.272 e. The predicted molar refractivity (Wildman–Crippen MR) is 89.7 cm³/mol. The minimum Gasteiger partial charge on any atom is -0.386 e. The number of aromatic nitrogens is 3. The lowest BCUT2D eigenvalue weighted by Gasteiger charge is -2.29. The van der Waals surface area contributed by atoms with Crippen molar-refractivity contribution in [2.45, 2.75) is 18.9 Å². The summed E-state index contributed by atoms with van der Waals surface area (Å²) in [5.74, 6) is 0.416. The van der Waals surface area contributed by atoms with E-state index in [1.807, 2.05) is 17.9 Å². The molecule has 1 amide bonds. The molecular weight excluding hydrogens is 306 g/mol. The number of carbonyl (C=O) groups is 1. The lowest BCUT2D eigenvalue weighted by atomic mass is 10.0. The third-order valence-electron chi connectivity index (χ3n) is 4.26. The number of β-amino-alcohol motifs (C(OH)–C–C–N with tert-alkyl or cyclic N) is 1. The normalized spacial score (nSPS) is 20.2. The van der Waals surface area contributed by atoms with E-state index in [2.05, 4.69) is 15.0 Å². The summed E-state index contributed by atoms with van der Waals surface area (Å²) in [6, 6.07) is 5.41. The number of aryl methyl sites for hydroxylation is 1. The highest BCUT2D eigenvalue weighted by atomic mass is 16.3. The summed E-state index contributed by atoms with van der Waals surface area (Å²) < 4.78 is 0. The van der Waals surface area contributed by atoms with Crippen LogP contribution in [0.15, 0.2) is 36.8 Å². The summed E-state index contributed by atoms with van der Waals surface area (Å²) in [7, 11) is 1.69. The van der Waals surface area contributed by atoms with Crippen molar-refractivity contribution in [3.63, 3.8) is 0 Å². The largest absolute Gasteiger partial charge is 0.386 e. The van der Waals surface area contributed by atoms with Gasteiger partial charge in [-0.1, -0.05) is 6.07 Å². The highest BCUT2D eigenvalue weighted by molar-refractivity contribution is 5.93. The predicted octanol–water partition coefficient (Wildman–Crippen LogP) is 0.893. The van der Waals surface area contributed by atoms with Crippen LogP contribution in [0.2, 0.25) is 0 Å². The zero-order valence-corrected chi connectivity index (χ0v) is 13.9. The van der Waals surface area contributed by atoms with Gasteiger partial charge < -0.3 is 14.9 Å². The number of hydrogen-bond donors (Lipinski definition) is 1. The molecule has 0 aromatic carbocycles. The zero-order chi connectivity index (χ0) is 17.2. The molecule has 1 unspecified atom stereocenters. The second-order valence-electron chi connectivity index (χ2n) is 6.27. The summed E-state index contributed by atoms with van der Waals surface area (Å²) in [4.78, 5) is 28.6. The Bertz CT molecular complexity index is 724. The number of nitrogens with zero attached hydrogens (tertiary/aromatic N) is 5. The molecule has 0 saturated carbocycles. The second kappa shape index (κ2) is 6.52. The molecule has 1 aliphatic heterocycles. The Kier molecular flexibility index (Phi) is 4.44. The van der Waals surface area contributed by atoms with Gasteiger partial charge in [0.15, 0.2) is 0 Å². The van der Waals surface area contributed by atoms with Crippen molar-refractivity contribution in [1.29, 1.82) is 0 Å². The van der Waals surface area contributed by atoms with Gasteiger partial charge >= 0.3 is 0 Å². The molecule has 7 heteroatoms. The summed E-state index contributed by atoms with van der Waals surface area (Å²) in [5, 5.41) is 10.8. The average molecular weight is 327 g/mol. The third-order valence-corrected chi connectivity index (χ3v) is 4.26. The van der Waals surface area contributed by atoms with Gasteiger partial charge in [-0.3, -0.25) is 9.78 Å². The number of pyridine rings is 1. The Morgan fingerprint density at radius 3 is 2.71 bits per heavy atom. The molecule has 1 N–H and O–H groups in total. The fraction of sp³-hybridized carbons (Fsp3) is 0.412. The number of amides is 1. The molecule has 0 bridgehead atoms. The number of rotatable bonds is 4. The number of hydrogen-bond acceptors (Lipinski definition) is 6. The molecule has 3 heterocycles. The Hall–Kier alpha value is -2.54. The zero-order valence-electron chi connectivity index (χ0n) is 13.9. The summed E-state index contributed by atoms with van der Waals surface area (Å²) >= 11 is 0. The quantitative estimate of drug-likeness (QED) is 0.898. The fourth-order valence-electron chi connectivity index (χ4n) is 3.01. The van der Waals surface area contributed by atoms with E-state index >= 15 is 0 Å². The van der Waals surface area contributed by atoms with Gasteiger partial charge in [0, 0.05) is 32.2 Å². The molecule has 1 fully saturated rings. The molecule has 7 nitrogen and oxygen atoms in total. The summed E-state index contributed by atoms with van der Waals surface area (Å²) in [6.45, 7) is 3.15. The first-order chi connectivity index (χ1) is 11.5. The highest BCUT2D eigenvalue weighted by Gasteiger charge is 2.39. The minimum atomic E-state index is -0.980. The highest BCUT2D eigenvalue weighted by Crippen LogP contribution is 2.25. The maximum Gasteiger partial charge on any atom is 0.272 e. The maximum atomic E-state index is 12.6. The summed E-state index contributed by atoms with van der Waals surface area (Å²) in [6.07, 6.45) is 5.52. The molecule has 24 heavy (non-hydrogen) atoms. The van der Waals surface area contributed by atoms with Crippen LogP contribution in [0.4, 0.5) is 5.95 Å². The van der Waals surface area contributed by atoms with E-state index in [0.717, 1.165) is 5.56 Å². The first-order valence-electron chi connectivity index (χ1n) is 7.90. The van der Waals surface area contributed by atoms with Crippen molar-refractivity contribution < 1.29 is 9.90 Å². The van der Waals surface area contributed by atoms with Crippen molar-refractivity contribution in [3.8, 4) is 0 Å². The first kappa shape index (κ1) is 16.3. The molecular formula is C17H21N5O2. The van der Waals surface area contributed by atoms with Crippen LogP contribution in [0.3, 0.4) is 0 Å². The first-order valence-corrected chi connectivity index (χ1v) is 7.90. The summed E-state index contributed by atoms with van der Waals surface area (Å²) in [5.41, 5.74) is 0.267. The lowest BCUT2D eigenvalue weighted by Crippen LogP contribution is -2.46. The second-order valence-corrected chi connectivity index (χ2v) is 6.27. The van der Waals surface area contributed by atoms with Crippen molar-refractivity contribution in [2.75, 3.05) is 31.6 Å². The number of carbonyl (C=O) groups excluding carboxylic acids is 1. The molecule has 1 saturated heterocycles. The van der Waals surface area contributed by atoms with E-state index in [9.17, 15) is 9.90 Å². The molecule has 1 atom stereocenters. The van der Waals surface area contributed by atoms with Crippen molar-refractivity contribution >= 4 is 11.9 Å². The third kappa shape index (κ3) is 3.35. The Balaban J connectivity index is 1.67. The molecule has 126 valence electrons. The van der Waals surface area contributed by atoms with Crippen LogP contribution >= 0.6 is 0 Å². The van der Waals surface area contributed by atoms with Gasteiger partial charge in [0.2, 0.25) is 5.95 Å². The standard InChI is InChI=1S/C17H21N5O2/c1-13-5-3-7-18-14(13)15(23)21(2)11-17(24)6-10-22(12-17)16-19-8-4-9-20-16/h3-5,7-9,24H,6,10-12H2,1-2H3. The van der Waals surface area contributed by atoms with Gasteiger partial charge in [0.25, 0.3) is 5.91 Å². The molecule has 0 spiro atoms. The molecule has 0 aliphatic carbocycles.